The summed E-state index contributed by atoms with van der Waals surface area (Å²) in [5.41, 5.74) is 3.02. The summed E-state index contributed by atoms with van der Waals surface area (Å²) in [5, 5.41) is 9.30. The number of nitrogens with zero attached hydrogens (tertiary/aromatic N) is 1. The van der Waals surface area contributed by atoms with E-state index in [2.05, 4.69) is 13.0 Å². The molecule has 0 saturated carbocycles. The zero-order valence-corrected chi connectivity index (χ0v) is 11.3. The van der Waals surface area contributed by atoms with Crippen molar-refractivity contribution < 1.29 is 9.90 Å². The van der Waals surface area contributed by atoms with Gasteiger partial charge in [0.1, 0.15) is 6.04 Å². The molecule has 1 aromatic carbocycles. The van der Waals surface area contributed by atoms with Crippen LogP contribution in [-0.4, -0.2) is 22.7 Å². The minimum absolute atomic E-state index is 0.295. The van der Waals surface area contributed by atoms with Crippen molar-refractivity contribution in [2.24, 2.45) is 0 Å². The van der Waals surface area contributed by atoms with Crippen LogP contribution in [-0.2, 0) is 4.79 Å². The number of para-hydroxylation sites is 1. The molecule has 0 fully saturated rings. The molecular weight excluding hydrogens is 226 g/mol. The van der Waals surface area contributed by atoms with Gasteiger partial charge < -0.3 is 10.0 Å². The van der Waals surface area contributed by atoms with Gasteiger partial charge in [0.25, 0.3) is 0 Å². The van der Waals surface area contributed by atoms with Crippen molar-refractivity contribution in [1.29, 1.82) is 0 Å². The largest absolute Gasteiger partial charge is 0.480 e. The zero-order chi connectivity index (χ0) is 13.5. The first-order valence-electron chi connectivity index (χ1n) is 6.15. The van der Waals surface area contributed by atoms with Crippen LogP contribution in [0.5, 0.6) is 0 Å². The highest BCUT2D eigenvalue weighted by atomic mass is 16.4. The Hall–Kier alpha value is -1.77. The van der Waals surface area contributed by atoms with E-state index in [1.807, 2.05) is 43.0 Å². The first kappa shape index (κ1) is 12.7. The number of hydrogen-bond donors (Lipinski definition) is 1. The van der Waals surface area contributed by atoms with Crippen molar-refractivity contribution in [1.82, 2.24) is 0 Å². The van der Waals surface area contributed by atoms with E-state index in [0.717, 1.165) is 11.3 Å². The molecule has 1 N–H and O–H groups in total. The van der Waals surface area contributed by atoms with Crippen LogP contribution in [0.3, 0.4) is 0 Å². The maximum atomic E-state index is 11.3. The van der Waals surface area contributed by atoms with Crippen molar-refractivity contribution in [2.45, 2.75) is 39.3 Å². The van der Waals surface area contributed by atoms with Gasteiger partial charge in [0, 0.05) is 11.3 Å². The van der Waals surface area contributed by atoms with Gasteiger partial charge in [0.05, 0.1) is 5.54 Å². The quantitative estimate of drug-likeness (QED) is 0.870. The Morgan fingerprint density at radius 1 is 1.33 bits per heavy atom. The van der Waals surface area contributed by atoms with Crippen molar-refractivity contribution in [3.8, 4) is 0 Å². The lowest BCUT2D eigenvalue weighted by atomic mass is 9.87. The summed E-state index contributed by atoms with van der Waals surface area (Å²) in [7, 11) is 0. The molecule has 2 rings (SSSR count). The minimum Gasteiger partial charge on any atom is -0.480 e. The number of fused-ring (bicyclic) bond motifs is 1. The fourth-order valence-corrected chi connectivity index (χ4v) is 2.82. The third kappa shape index (κ3) is 1.90. The number of carboxylic acid groups (broad SMARTS) is 1. The van der Waals surface area contributed by atoms with Crippen LogP contribution < -0.4 is 4.90 Å². The minimum atomic E-state index is -0.800. The molecule has 1 aromatic rings. The van der Waals surface area contributed by atoms with Gasteiger partial charge >= 0.3 is 5.97 Å². The highest BCUT2D eigenvalue weighted by Crippen LogP contribution is 2.39. The molecule has 0 aliphatic carbocycles. The second kappa shape index (κ2) is 4.16. The van der Waals surface area contributed by atoms with Gasteiger partial charge in [-0.25, -0.2) is 4.79 Å². The van der Waals surface area contributed by atoms with E-state index in [-0.39, 0.29) is 5.54 Å². The van der Waals surface area contributed by atoms with Crippen molar-refractivity contribution in [3.05, 3.63) is 35.9 Å². The van der Waals surface area contributed by atoms with E-state index in [1.54, 1.807) is 6.92 Å². The molecule has 0 unspecified atom stereocenters. The second-order valence-corrected chi connectivity index (χ2v) is 5.38. The van der Waals surface area contributed by atoms with Gasteiger partial charge in [-0.2, -0.15) is 0 Å². The summed E-state index contributed by atoms with van der Waals surface area (Å²) in [5.74, 6) is -0.800. The van der Waals surface area contributed by atoms with Crippen LogP contribution >= 0.6 is 0 Å². The number of allylic oxidation sites excluding steroid dienone is 1. The Morgan fingerprint density at radius 2 is 1.94 bits per heavy atom. The maximum Gasteiger partial charge on any atom is 0.326 e. The lowest BCUT2D eigenvalue weighted by Crippen LogP contribution is -2.53. The van der Waals surface area contributed by atoms with Crippen molar-refractivity contribution >= 4 is 17.2 Å². The van der Waals surface area contributed by atoms with Crippen molar-refractivity contribution in [2.75, 3.05) is 4.90 Å². The van der Waals surface area contributed by atoms with Gasteiger partial charge in [0.15, 0.2) is 0 Å². The molecule has 0 amide bonds. The number of hydrogen-bond acceptors (Lipinski definition) is 2. The lowest BCUT2D eigenvalue weighted by molar-refractivity contribution is -0.138. The molecule has 0 radical (unpaired) electrons. The smallest absolute Gasteiger partial charge is 0.326 e. The van der Waals surface area contributed by atoms with E-state index in [9.17, 15) is 9.90 Å². The molecule has 0 spiro atoms. The highest BCUT2D eigenvalue weighted by Gasteiger charge is 2.36. The first-order valence-corrected chi connectivity index (χ1v) is 6.15. The van der Waals surface area contributed by atoms with Crippen LogP contribution in [0.1, 0.15) is 33.3 Å². The zero-order valence-electron chi connectivity index (χ0n) is 11.3. The topological polar surface area (TPSA) is 40.5 Å². The fraction of sp³-hybridized carbons (Fsp3) is 0.400. The molecule has 0 saturated heterocycles. The molecule has 1 aliphatic heterocycles. The van der Waals surface area contributed by atoms with Crippen LogP contribution in [0.25, 0.3) is 5.57 Å². The van der Waals surface area contributed by atoms with E-state index in [1.165, 1.54) is 5.57 Å². The van der Waals surface area contributed by atoms with Gasteiger partial charge in [0.2, 0.25) is 0 Å². The van der Waals surface area contributed by atoms with Crippen LogP contribution in [0.2, 0.25) is 0 Å². The third-order valence-corrected chi connectivity index (χ3v) is 3.52. The molecular formula is C15H19NO2. The van der Waals surface area contributed by atoms with E-state index in [0.29, 0.717) is 0 Å². The fourth-order valence-electron chi connectivity index (χ4n) is 2.82. The number of anilines is 1. The third-order valence-electron chi connectivity index (χ3n) is 3.52. The molecule has 3 heteroatoms. The van der Waals surface area contributed by atoms with Crippen LogP contribution in [0.4, 0.5) is 5.69 Å². The molecule has 1 heterocycles. The summed E-state index contributed by atoms with van der Waals surface area (Å²) in [4.78, 5) is 13.3. The van der Waals surface area contributed by atoms with E-state index in [4.69, 9.17) is 0 Å². The Bertz CT molecular complexity index is 517. The summed E-state index contributed by atoms with van der Waals surface area (Å²) >= 11 is 0. The van der Waals surface area contributed by atoms with E-state index < -0.39 is 12.0 Å². The second-order valence-electron chi connectivity index (χ2n) is 5.38. The van der Waals surface area contributed by atoms with Crippen LogP contribution in [0.15, 0.2) is 30.3 Å². The summed E-state index contributed by atoms with van der Waals surface area (Å²) < 4.78 is 0. The Labute approximate surface area is 108 Å². The SMILES string of the molecule is CC1=CC(C)(C)N([C@@H](C)C(=O)O)c2ccccc21. The average molecular weight is 245 g/mol. The molecule has 0 bridgehead atoms. The number of rotatable bonds is 2. The Kier molecular flexibility index (Phi) is 2.93. The molecule has 96 valence electrons. The molecule has 0 aromatic heterocycles. The lowest BCUT2D eigenvalue weighted by Gasteiger charge is -2.45. The highest BCUT2D eigenvalue weighted by molar-refractivity contribution is 5.86. The molecule has 1 atom stereocenters. The summed E-state index contributed by atoms with van der Waals surface area (Å²) in [6.07, 6.45) is 2.13. The number of carboxylic acids is 1. The predicted octanol–water partition coefficient (Wildman–Crippen LogP) is 3.16. The Balaban J connectivity index is 2.61. The normalized spacial score (nSPS) is 18.9. The maximum absolute atomic E-state index is 11.3. The molecule has 18 heavy (non-hydrogen) atoms. The summed E-state index contributed by atoms with van der Waals surface area (Å²) in [6, 6.07) is 7.42. The Morgan fingerprint density at radius 3 is 2.56 bits per heavy atom. The van der Waals surface area contributed by atoms with E-state index >= 15 is 0 Å². The molecule has 3 nitrogen and oxygen atoms in total. The van der Waals surface area contributed by atoms with Gasteiger partial charge in [-0.05, 0) is 39.3 Å². The van der Waals surface area contributed by atoms with Gasteiger partial charge in [-0.1, -0.05) is 24.3 Å². The van der Waals surface area contributed by atoms with Crippen molar-refractivity contribution in [3.63, 3.8) is 0 Å². The number of carbonyl (C=O) groups is 1. The number of aliphatic carboxylic acids is 1. The van der Waals surface area contributed by atoms with Gasteiger partial charge in [-0.3, -0.25) is 0 Å². The standard InChI is InChI=1S/C15H19NO2/c1-10-9-15(3,4)16(11(2)14(17)18)13-8-6-5-7-12(10)13/h5-9,11H,1-4H3,(H,17,18)/t11-/m0/s1. The first-order chi connectivity index (χ1) is 8.34. The summed E-state index contributed by atoms with van der Waals surface area (Å²) in [6.45, 7) is 7.90. The van der Waals surface area contributed by atoms with Crippen LogP contribution in [0, 0.1) is 0 Å². The average Bonchev–Trinajstić information content (AvgIpc) is 2.27. The molecule has 1 aliphatic rings. The number of benzene rings is 1. The predicted molar refractivity (Wildman–Crippen MR) is 73.7 cm³/mol. The monoisotopic (exact) mass is 245 g/mol. The van der Waals surface area contributed by atoms with Gasteiger partial charge in [-0.15, -0.1) is 0 Å².